The van der Waals surface area contributed by atoms with Crippen LogP contribution in [0.4, 0.5) is 0 Å². The number of hydrogen-bond donors (Lipinski definition) is 1. The molecule has 1 unspecified atom stereocenters. The summed E-state index contributed by atoms with van der Waals surface area (Å²) in [5.74, 6) is 0. The summed E-state index contributed by atoms with van der Waals surface area (Å²) in [6, 6.07) is 8.35. The third kappa shape index (κ3) is 3.01. The second-order valence-corrected chi connectivity index (χ2v) is 6.59. The molecule has 1 aromatic carbocycles. The van der Waals surface area contributed by atoms with Gasteiger partial charge in [-0.1, -0.05) is 56.4 Å². The Morgan fingerprint density at radius 3 is 2.37 bits per heavy atom. The lowest BCUT2D eigenvalue weighted by Crippen LogP contribution is -2.19. The molecule has 0 aliphatic carbocycles. The molecule has 0 aliphatic rings. The molecular weight excluding hydrogens is 254 g/mol. The number of nitrogens with two attached hydrogens (primary N) is 1. The monoisotopic (exact) mass is 275 g/mol. The fourth-order valence-corrected chi connectivity index (χ4v) is 2.93. The van der Waals surface area contributed by atoms with Gasteiger partial charge in [0, 0.05) is 5.41 Å². The Morgan fingerprint density at radius 1 is 1.21 bits per heavy atom. The fraction of sp³-hybridized carbons (Fsp3) is 0.467. The van der Waals surface area contributed by atoms with E-state index in [0.29, 0.717) is 0 Å². The lowest BCUT2D eigenvalue weighted by atomic mass is 9.89. The van der Waals surface area contributed by atoms with Crippen molar-refractivity contribution in [3.8, 4) is 0 Å². The van der Waals surface area contributed by atoms with Crippen molar-refractivity contribution in [2.45, 2.75) is 45.6 Å². The van der Waals surface area contributed by atoms with E-state index in [1.807, 2.05) is 0 Å². The van der Waals surface area contributed by atoms with Crippen LogP contribution in [0.25, 0.3) is 0 Å². The van der Waals surface area contributed by atoms with Crippen LogP contribution in [0, 0.1) is 0 Å². The highest BCUT2D eigenvalue weighted by Gasteiger charge is 2.26. The molecule has 0 amide bonds. The fourth-order valence-electron chi connectivity index (χ4n) is 2.03. The van der Waals surface area contributed by atoms with Crippen molar-refractivity contribution in [3.05, 3.63) is 46.0 Å². The topological polar surface area (TPSA) is 51.8 Å². The molecule has 1 atom stereocenters. The Morgan fingerprint density at radius 2 is 1.84 bits per heavy atom. The van der Waals surface area contributed by atoms with E-state index in [1.165, 1.54) is 17.1 Å². The zero-order chi connectivity index (χ0) is 14.0. The van der Waals surface area contributed by atoms with Crippen LogP contribution in [0.1, 0.15) is 55.4 Å². The predicted octanol–water partition coefficient (Wildman–Crippen LogP) is 3.45. The summed E-state index contributed by atoms with van der Waals surface area (Å²) in [5.41, 5.74) is 9.81. The molecule has 0 bridgehead atoms. The van der Waals surface area contributed by atoms with Crippen LogP contribution in [0.2, 0.25) is 0 Å². The molecule has 0 spiro atoms. The van der Waals surface area contributed by atoms with Gasteiger partial charge in [0.2, 0.25) is 0 Å². The van der Waals surface area contributed by atoms with Gasteiger partial charge in [0.1, 0.15) is 0 Å². The Kier molecular flexibility index (Phi) is 4.02. The van der Waals surface area contributed by atoms with Gasteiger partial charge in [-0.2, -0.15) is 0 Å². The van der Waals surface area contributed by atoms with Gasteiger partial charge in [-0.15, -0.1) is 5.10 Å². The summed E-state index contributed by atoms with van der Waals surface area (Å²) in [5, 5.41) is 4.26. The first-order chi connectivity index (χ1) is 8.93. The van der Waals surface area contributed by atoms with E-state index in [-0.39, 0.29) is 11.5 Å². The van der Waals surface area contributed by atoms with E-state index in [9.17, 15) is 0 Å². The molecule has 1 aromatic heterocycles. The summed E-state index contributed by atoms with van der Waals surface area (Å²) in [6.07, 6.45) is 1.05. The van der Waals surface area contributed by atoms with Gasteiger partial charge in [-0.05, 0) is 29.1 Å². The van der Waals surface area contributed by atoms with E-state index in [1.54, 1.807) is 0 Å². The van der Waals surface area contributed by atoms with Gasteiger partial charge in [-0.3, -0.25) is 0 Å². The van der Waals surface area contributed by atoms with Gasteiger partial charge in [-0.25, -0.2) is 0 Å². The molecule has 19 heavy (non-hydrogen) atoms. The van der Waals surface area contributed by atoms with Crippen LogP contribution in [-0.2, 0) is 11.8 Å². The minimum absolute atomic E-state index is 0.0245. The summed E-state index contributed by atoms with van der Waals surface area (Å²) in [7, 11) is 0. The highest BCUT2D eigenvalue weighted by atomic mass is 32.1. The largest absolute Gasteiger partial charge is 0.320 e. The van der Waals surface area contributed by atoms with E-state index in [0.717, 1.165) is 22.6 Å². The van der Waals surface area contributed by atoms with Crippen molar-refractivity contribution in [1.29, 1.82) is 0 Å². The molecule has 2 aromatic rings. The second-order valence-electron chi connectivity index (χ2n) is 5.81. The molecule has 0 saturated carbocycles. The van der Waals surface area contributed by atoms with Crippen molar-refractivity contribution in [1.82, 2.24) is 9.59 Å². The van der Waals surface area contributed by atoms with Crippen LogP contribution in [0.3, 0.4) is 0 Å². The number of aryl methyl sites for hydroxylation is 1. The van der Waals surface area contributed by atoms with E-state index < -0.39 is 0 Å². The highest BCUT2D eigenvalue weighted by molar-refractivity contribution is 7.05. The maximum absolute atomic E-state index is 6.38. The molecule has 0 aliphatic heterocycles. The number of aromatic nitrogens is 2. The number of hydrogen-bond acceptors (Lipinski definition) is 4. The summed E-state index contributed by atoms with van der Waals surface area (Å²) in [4.78, 5) is 1.07. The van der Waals surface area contributed by atoms with Gasteiger partial charge in [0.25, 0.3) is 0 Å². The Bertz CT molecular complexity index is 537. The first-order valence-electron chi connectivity index (χ1n) is 6.60. The highest BCUT2D eigenvalue weighted by Crippen LogP contribution is 2.32. The Labute approximate surface area is 119 Å². The van der Waals surface area contributed by atoms with Crippen molar-refractivity contribution in [2.24, 2.45) is 5.73 Å². The molecule has 2 rings (SSSR count). The summed E-state index contributed by atoms with van der Waals surface area (Å²) in [6.45, 7) is 8.57. The second kappa shape index (κ2) is 5.39. The Balaban J connectivity index is 2.33. The predicted molar refractivity (Wildman–Crippen MR) is 80.5 cm³/mol. The SMILES string of the molecule is CCc1ccc(C(N)c2snnc2C(C)(C)C)cc1. The molecular formula is C15H21N3S. The lowest BCUT2D eigenvalue weighted by Gasteiger charge is -2.19. The molecule has 2 N–H and O–H groups in total. The Hall–Kier alpha value is -1.26. The average Bonchev–Trinajstić information content (AvgIpc) is 2.87. The standard InChI is InChI=1S/C15H21N3S/c1-5-10-6-8-11(9-7-10)12(16)13-14(15(2,3)4)17-18-19-13/h6-9,12H,5,16H2,1-4H3. The number of rotatable bonds is 3. The molecule has 3 nitrogen and oxygen atoms in total. The number of benzene rings is 1. The van der Waals surface area contributed by atoms with Crippen LogP contribution in [-0.4, -0.2) is 9.59 Å². The third-order valence-electron chi connectivity index (χ3n) is 3.25. The minimum Gasteiger partial charge on any atom is -0.320 e. The molecule has 0 fully saturated rings. The van der Waals surface area contributed by atoms with Gasteiger partial charge >= 0.3 is 0 Å². The maximum atomic E-state index is 6.38. The zero-order valence-corrected chi connectivity index (χ0v) is 12.8. The molecule has 0 saturated heterocycles. The van der Waals surface area contributed by atoms with Gasteiger partial charge < -0.3 is 5.73 Å². The molecule has 4 heteroatoms. The normalized spacial score (nSPS) is 13.5. The maximum Gasteiger partial charge on any atom is 0.0860 e. The van der Waals surface area contributed by atoms with Crippen LogP contribution >= 0.6 is 11.5 Å². The number of nitrogens with zero attached hydrogens (tertiary/aromatic N) is 2. The van der Waals surface area contributed by atoms with E-state index in [4.69, 9.17) is 5.73 Å². The van der Waals surface area contributed by atoms with E-state index in [2.05, 4.69) is 61.5 Å². The van der Waals surface area contributed by atoms with Gasteiger partial charge in [0.15, 0.2) is 0 Å². The first kappa shape index (κ1) is 14.2. The van der Waals surface area contributed by atoms with Crippen molar-refractivity contribution < 1.29 is 0 Å². The quantitative estimate of drug-likeness (QED) is 0.933. The van der Waals surface area contributed by atoms with Crippen molar-refractivity contribution >= 4 is 11.5 Å². The lowest BCUT2D eigenvalue weighted by molar-refractivity contribution is 0.556. The third-order valence-corrected chi connectivity index (χ3v) is 4.06. The van der Waals surface area contributed by atoms with E-state index >= 15 is 0 Å². The minimum atomic E-state index is -0.139. The van der Waals surface area contributed by atoms with Crippen LogP contribution < -0.4 is 5.73 Å². The first-order valence-corrected chi connectivity index (χ1v) is 7.38. The zero-order valence-electron chi connectivity index (χ0n) is 12.0. The van der Waals surface area contributed by atoms with Crippen LogP contribution in [0.5, 0.6) is 0 Å². The molecule has 0 radical (unpaired) electrons. The molecule has 102 valence electrons. The van der Waals surface area contributed by atoms with Crippen molar-refractivity contribution in [3.63, 3.8) is 0 Å². The average molecular weight is 275 g/mol. The van der Waals surface area contributed by atoms with Gasteiger partial charge in [0.05, 0.1) is 16.6 Å². The summed E-state index contributed by atoms with van der Waals surface area (Å²) >= 11 is 1.40. The summed E-state index contributed by atoms with van der Waals surface area (Å²) < 4.78 is 4.08. The van der Waals surface area contributed by atoms with Crippen LogP contribution in [0.15, 0.2) is 24.3 Å². The van der Waals surface area contributed by atoms with Crippen molar-refractivity contribution in [2.75, 3.05) is 0 Å². The smallest absolute Gasteiger partial charge is 0.0860 e. The molecule has 1 heterocycles.